The molecule has 0 amide bonds. The van der Waals surface area contributed by atoms with Gasteiger partial charge in [-0.2, -0.15) is 0 Å². The van der Waals surface area contributed by atoms with Gasteiger partial charge in [-0.1, -0.05) is 0 Å². The largest absolute Gasteiger partial charge is 0.394 e. The second-order valence-corrected chi connectivity index (χ2v) is 1.25. The van der Waals surface area contributed by atoms with Gasteiger partial charge in [-0.3, -0.25) is 4.99 Å². The third-order valence-electron chi connectivity index (χ3n) is 0.577. The summed E-state index contributed by atoms with van der Waals surface area (Å²) in [5, 5.41) is 16.4. The fourth-order valence-electron chi connectivity index (χ4n) is 0.244. The van der Waals surface area contributed by atoms with Crippen LogP contribution in [-0.2, 0) is 0 Å². The number of amidine groups is 1. The molecule has 4 heteroatoms. The third kappa shape index (κ3) is 3.58. The number of aliphatic hydroxyl groups excluding tert-OH is 2. The fourth-order valence-corrected chi connectivity index (χ4v) is 0.244. The number of aliphatic imine (C=N–C) groups is 1. The van der Waals surface area contributed by atoms with Gasteiger partial charge in [0, 0.05) is 0 Å². The van der Waals surface area contributed by atoms with Crippen LogP contribution in [0, 0.1) is 0 Å². The average Bonchev–Trinajstić information content (AvgIpc) is 1.83. The highest BCUT2D eigenvalue weighted by Gasteiger charge is 1.83. The molecule has 0 aliphatic rings. The van der Waals surface area contributed by atoms with Crippen LogP contribution in [0.25, 0.3) is 0 Å². The lowest BCUT2D eigenvalue weighted by molar-refractivity contribution is 0.305. The molecule has 0 aliphatic heterocycles. The van der Waals surface area contributed by atoms with Crippen LogP contribution in [0.15, 0.2) is 4.99 Å². The van der Waals surface area contributed by atoms with Gasteiger partial charge in [0.05, 0.1) is 13.2 Å². The summed E-state index contributed by atoms with van der Waals surface area (Å²) < 4.78 is 0. The van der Waals surface area contributed by atoms with Crippen molar-refractivity contribution in [1.82, 2.24) is 0 Å². The summed E-state index contributed by atoms with van der Waals surface area (Å²) >= 11 is 0. The topological polar surface area (TPSA) is 78.8 Å². The number of aliphatic hydroxyl groups is 2. The molecular weight excluding hydrogens is 108 g/mol. The molecule has 0 spiro atoms. The summed E-state index contributed by atoms with van der Waals surface area (Å²) in [6.45, 7) is 0.00704. The molecule has 0 atom stereocenters. The zero-order chi connectivity index (χ0) is 6.41. The van der Waals surface area contributed by atoms with Crippen LogP contribution in [0.1, 0.15) is 0 Å². The van der Waals surface area contributed by atoms with Crippen molar-refractivity contribution in [2.45, 2.75) is 0 Å². The highest BCUT2D eigenvalue weighted by Crippen LogP contribution is 1.67. The number of nitrogens with zero attached hydrogens (tertiary/aromatic N) is 1. The maximum atomic E-state index is 8.22. The molecule has 48 valence electrons. The van der Waals surface area contributed by atoms with Crippen molar-refractivity contribution in [3.63, 3.8) is 0 Å². The minimum Gasteiger partial charge on any atom is -0.394 e. The van der Waals surface area contributed by atoms with Crippen molar-refractivity contribution < 1.29 is 10.2 Å². The maximum absolute atomic E-state index is 8.22. The van der Waals surface area contributed by atoms with Crippen molar-refractivity contribution >= 4 is 5.84 Å². The lowest BCUT2D eigenvalue weighted by Gasteiger charge is -1.90. The lowest BCUT2D eigenvalue weighted by atomic mass is 10.6. The molecule has 0 aliphatic carbocycles. The van der Waals surface area contributed by atoms with Crippen molar-refractivity contribution in [3.05, 3.63) is 0 Å². The van der Waals surface area contributed by atoms with Crippen LogP contribution in [-0.4, -0.2) is 35.8 Å². The van der Waals surface area contributed by atoms with E-state index in [9.17, 15) is 0 Å². The molecule has 0 heterocycles. The maximum Gasteiger partial charge on any atom is 0.120 e. The smallest absolute Gasteiger partial charge is 0.120 e. The van der Waals surface area contributed by atoms with E-state index in [1.54, 1.807) is 0 Å². The lowest BCUT2D eigenvalue weighted by Crippen LogP contribution is -2.17. The summed E-state index contributed by atoms with van der Waals surface area (Å²) in [6, 6.07) is 0. The van der Waals surface area contributed by atoms with Crippen LogP contribution < -0.4 is 5.73 Å². The summed E-state index contributed by atoms with van der Waals surface area (Å²) in [6.07, 6.45) is 0. The van der Waals surface area contributed by atoms with Gasteiger partial charge in [0.1, 0.15) is 12.4 Å². The first-order valence-corrected chi connectivity index (χ1v) is 2.31. The Morgan fingerprint density at radius 1 is 1.50 bits per heavy atom. The van der Waals surface area contributed by atoms with Crippen molar-refractivity contribution in [2.24, 2.45) is 10.7 Å². The third-order valence-corrected chi connectivity index (χ3v) is 0.577. The Bertz CT molecular complexity index is 82.1. The summed E-state index contributed by atoms with van der Waals surface area (Å²) in [5.74, 6) is 0.166. The summed E-state index contributed by atoms with van der Waals surface area (Å²) in [7, 11) is 0. The minimum absolute atomic E-state index is 0.0271. The quantitative estimate of drug-likeness (QED) is 0.306. The van der Waals surface area contributed by atoms with Crippen molar-refractivity contribution in [1.29, 1.82) is 0 Å². The highest BCUT2D eigenvalue weighted by molar-refractivity contribution is 5.81. The Morgan fingerprint density at radius 2 is 2.12 bits per heavy atom. The molecule has 0 rings (SSSR count). The van der Waals surface area contributed by atoms with Crippen LogP contribution in [0.2, 0.25) is 0 Å². The van der Waals surface area contributed by atoms with Gasteiger partial charge in [0.2, 0.25) is 0 Å². The Hall–Kier alpha value is -0.610. The van der Waals surface area contributed by atoms with E-state index in [0.717, 1.165) is 0 Å². The number of rotatable bonds is 3. The van der Waals surface area contributed by atoms with Crippen molar-refractivity contribution in [2.75, 3.05) is 19.8 Å². The second-order valence-electron chi connectivity index (χ2n) is 1.25. The zero-order valence-electron chi connectivity index (χ0n) is 4.54. The molecule has 0 saturated carbocycles. The van der Waals surface area contributed by atoms with E-state index in [2.05, 4.69) is 4.99 Å². The molecule has 0 saturated heterocycles. The number of hydrogen-bond acceptors (Lipinski definition) is 3. The molecule has 0 radical (unpaired) electrons. The molecule has 0 aromatic rings. The Morgan fingerprint density at radius 3 is 2.50 bits per heavy atom. The SMILES string of the molecule is NC(CO)=NCCO. The highest BCUT2D eigenvalue weighted by atomic mass is 16.3. The predicted octanol–water partition coefficient (Wildman–Crippen LogP) is -1.67. The van der Waals surface area contributed by atoms with Gasteiger partial charge < -0.3 is 15.9 Å². The average molecular weight is 118 g/mol. The zero-order valence-corrected chi connectivity index (χ0v) is 4.54. The molecule has 0 bridgehead atoms. The van der Waals surface area contributed by atoms with E-state index in [0.29, 0.717) is 0 Å². The van der Waals surface area contributed by atoms with Gasteiger partial charge in [-0.15, -0.1) is 0 Å². The first-order valence-electron chi connectivity index (χ1n) is 2.31. The Balaban J connectivity index is 3.26. The molecule has 0 aromatic heterocycles. The van der Waals surface area contributed by atoms with Crippen molar-refractivity contribution in [3.8, 4) is 0 Å². The molecular formula is C4H10N2O2. The van der Waals surface area contributed by atoms with Gasteiger partial charge in [0.25, 0.3) is 0 Å². The minimum atomic E-state index is -0.236. The van der Waals surface area contributed by atoms with Crippen LogP contribution in [0.4, 0.5) is 0 Å². The summed E-state index contributed by atoms with van der Waals surface area (Å²) in [5.41, 5.74) is 5.05. The van der Waals surface area contributed by atoms with E-state index in [1.165, 1.54) is 0 Å². The molecule has 0 unspecified atom stereocenters. The fraction of sp³-hybridized carbons (Fsp3) is 0.750. The molecule has 4 nitrogen and oxygen atoms in total. The van der Waals surface area contributed by atoms with E-state index in [1.807, 2.05) is 0 Å². The van der Waals surface area contributed by atoms with Gasteiger partial charge in [-0.05, 0) is 0 Å². The molecule has 0 fully saturated rings. The van der Waals surface area contributed by atoms with Gasteiger partial charge >= 0.3 is 0 Å². The standard InChI is InChI=1S/C4H10N2O2/c5-4(3-8)6-1-2-7/h7-8H,1-3H2,(H2,5,6). The Kier molecular flexibility index (Phi) is 4.20. The van der Waals surface area contributed by atoms with Crippen LogP contribution in [0.3, 0.4) is 0 Å². The number of hydrogen-bond donors (Lipinski definition) is 3. The number of nitrogens with two attached hydrogens (primary N) is 1. The van der Waals surface area contributed by atoms with E-state index in [4.69, 9.17) is 15.9 Å². The van der Waals surface area contributed by atoms with Gasteiger partial charge in [-0.25, -0.2) is 0 Å². The van der Waals surface area contributed by atoms with Gasteiger partial charge in [0.15, 0.2) is 0 Å². The predicted molar refractivity (Wildman–Crippen MR) is 30.7 cm³/mol. The molecule has 0 aromatic carbocycles. The summed E-state index contributed by atoms with van der Waals surface area (Å²) in [4.78, 5) is 3.56. The van der Waals surface area contributed by atoms with Crippen LogP contribution in [0.5, 0.6) is 0 Å². The van der Waals surface area contributed by atoms with E-state index in [-0.39, 0.29) is 25.6 Å². The normalized spacial score (nSPS) is 12.0. The second kappa shape index (κ2) is 4.55. The van der Waals surface area contributed by atoms with E-state index >= 15 is 0 Å². The Labute approximate surface area is 47.7 Å². The monoisotopic (exact) mass is 118 g/mol. The molecule has 8 heavy (non-hydrogen) atoms. The first kappa shape index (κ1) is 7.39. The first-order chi connectivity index (χ1) is 3.81. The van der Waals surface area contributed by atoms with Crippen LogP contribution >= 0.6 is 0 Å². The molecule has 4 N–H and O–H groups in total. The van der Waals surface area contributed by atoms with E-state index < -0.39 is 0 Å².